The molecule has 0 saturated carbocycles. The fraction of sp³-hybridized carbons (Fsp3) is 0.571. The zero-order chi connectivity index (χ0) is 10.0. The first kappa shape index (κ1) is 9.66. The van der Waals surface area contributed by atoms with Gasteiger partial charge in [-0.25, -0.2) is 4.79 Å². The normalized spacial score (nSPS) is 19.3. The van der Waals surface area contributed by atoms with E-state index in [1.807, 2.05) is 0 Å². The van der Waals surface area contributed by atoms with E-state index in [9.17, 15) is 14.4 Å². The molecule has 1 heterocycles. The lowest BCUT2D eigenvalue weighted by molar-refractivity contribution is -0.150. The van der Waals surface area contributed by atoms with Gasteiger partial charge in [-0.1, -0.05) is 0 Å². The van der Waals surface area contributed by atoms with Gasteiger partial charge in [-0.3, -0.25) is 14.5 Å². The Labute approximate surface area is 73.8 Å². The van der Waals surface area contributed by atoms with Crippen LogP contribution in [0.5, 0.6) is 0 Å². The number of imide groups is 1. The Morgan fingerprint density at radius 1 is 1.38 bits per heavy atom. The number of aliphatic hydroxyl groups excluding tert-OH is 1. The molecule has 1 rings (SSSR count). The molecular formula is C7H9NO5. The van der Waals surface area contributed by atoms with Crippen molar-refractivity contribution in [1.82, 2.24) is 4.90 Å². The van der Waals surface area contributed by atoms with Crippen LogP contribution in [-0.4, -0.2) is 45.5 Å². The Morgan fingerprint density at radius 3 is 2.23 bits per heavy atom. The number of carbonyl (C=O) groups excluding carboxylic acids is 2. The topological polar surface area (TPSA) is 94.9 Å². The van der Waals surface area contributed by atoms with Crippen LogP contribution in [-0.2, 0) is 14.4 Å². The van der Waals surface area contributed by atoms with Crippen LogP contribution in [0.4, 0.5) is 0 Å². The highest BCUT2D eigenvalue weighted by atomic mass is 16.4. The molecule has 1 unspecified atom stereocenters. The van der Waals surface area contributed by atoms with Crippen molar-refractivity contribution in [3.63, 3.8) is 0 Å². The van der Waals surface area contributed by atoms with Crippen LogP contribution in [0.2, 0.25) is 0 Å². The number of carbonyl (C=O) groups is 3. The highest BCUT2D eigenvalue weighted by Crippen LogP contribution is 2.11. The van der Waals surface area contributed by atoms with E-state index in [-0.39, 0.29) is 12.8 Å². The van der Waals surface area contributed by atoms with E-state index in [0.29, 0.717) is 0 Å². The van der Waals surface area contributed by atoms with Crippen LogP contribution in [0, 0.1) is 0 Å². The lowest BCUT2D eigenvalue weighted by Crippen LogP contribution is -2.39. The number of β-amino-alcohol motifs (C(OH)–C–C–N with tert-alkyl or cyclic N) is 1. The van der Waals surface area contributed by atoms with Gasteiger partial charge >= 0.3 is 5.97 Å². The second-order valence-electron chi connectivity index (χ2n) is 2.75. The molecular weight excluding hydrogens is 178 g/mol. The zero-order valence-corrected chi connectivity index (χ0v) is 6.77. The van der Waals surface area contributed by atoms with Crippen molar-refractivity contribution in [2.45, 2.75) is 18.9 Å². The first-order valence-corrected chi connectivity index (χ1v) is 3.76. The number of aliphatic carboxylic acids is 1. The minimum Gasteiger partial charge on any atom is -0.479 e. The predicted octanol–water partition coefficient (Wildman–Crippen LogP) is -1.42. The molecule has 0 aromatic carbocycles. The Balaban J connectivity index is 2.57. The van der Waals surface area contributed by atoms with E-state index in [4.69, 9.17) is 10.2 Å². The molecule has 1 fully saturated rings. The fourth-order valence-electron chi connectivity index (χ4n) is 1.08. The van der Waals surface area contributed by atoms with E-state index in [2.05, 4.69) is 0 Å². The van der Waals surface area contributed by atoms with Crippen molar-refractivity contribution in [2.75, 3.05) is 6.54 Å². The molecule has 1 aliphatic rings. The van der Waals surface area contributed by atoms with Gasteiger partial charge in [0.15, 0.2) is 6.10 Å². The van der Waals surface area contributed by atoms with Gasteiger partial charge in [0.2, 0.25) is 11.8 Å². The van der Waals surface area contributed by atoms with Crippen molar-refractivity contribution in [2.24, 2.45) is 0 Å². The van der Waals surface area contributed by atoms with Crippen molar-refractivity contribution < 1.29 is 24.6 Å². The van der Waals surface area contributed by atoms with E-state index in [1.165, 1.54) is 0 Å². The minimum absolute atomic E-state index is 0.102. The zero-order valence-electron chi connectivity index (χ0n) is 6.77. The van der Waals surface area contributed by atoms with Gasteiger partial charge in [0.05, 0.1) is 6.54 Å². The van der Waals surface area contributed by atoms with E-state index >= 15 is 0 Å². The summed E-state index contributed by atoms with van der Waals surface area (Å²) in [5, 5.41) is 17.2. The molecule has 0 aromatic rings. The smallest absolute Gasteiger partial charge is 0.334 e. The standard InChI is InChI=1S/C7H9NO5/c9-4(7(12)13)3-8-5(10)1-2-6(8)11/h4,9H,1-3H2,(H,12,13). The maximum absolute atomic E-state index is 10.9. The fourth-order valence-corrected chi connectivity index (χ4v) is 1.08. The maximum Gasteiger partial charge on any atom is 0.334 e. The molecule has 6 heteroatoms. The average molecular weight is 187 g/mol. The Kier molecular flexibility index (Phi) is 2.62. The monoisotopic (exact) mass is 187 g/mol. The number of carboxylic acid groups (broad SMARTS) is 1. The van der Waals surface area contributed by atoms with Crippen LogP contribution in [0.3, 0.4) is 0 Å². The summed E-state index contributed by atoms with van der Waals surface area (Å²) in [5.74, 6) is -2.29. The number of nitrogens with zero attached hydrogens (tertiary/aromatic N) is 1. The van der Waals surface area contributed by atoms with Crippen LogP contribution in [0.15, 0.2) is 0 Å². The third-order valence-corrected chi connectivity index (χ3v) is 1.80. The molecule has 1 saturated heterocycles. The third-order valence-electron chi connectivity index (χ3n) is 1.80. The summed E-state index contributed by atoms with van der Waals surface area (Å²) in [6.07, 6.45) is -1.48. The molecule has 6 nitrogen and oxygen atoms in total. The molecule has 72 valence electrons. The molecule has 0 aromatic heterocycles. The Bertz CT molecular complexity index is 246. The van der Waals surface area contributed by atoms with Gasteiger partial charge in [-0.2, -0.15) is 0 Å². The Hall–Kier alpha value is -1.43. The van der Waals surface area contributed by atoms with Gasteiger partial charge in [0.1, 0.15) is 0 Å². The molecule has 1 atom stereocenters. The molecule has 0 spiro atoms. The molecule has 2 amide bonds. The molecule has 0 bridgehead atoms. The number of likely N-dealkylation sites (tertiary alicyclic amines) is 1. The minimum atomic E-state index is -1.69. The summed E-state index contributed by atoms with van der Waals surface area (Å²) in [5.41, 5.74) is 0. The number of hydrogen-bond acceptors (Lipinski definition) is 4. The number of amides is 2. The second-order valence-corrected chi connectivity index (χ2v) is 2.75. The average Bonchev–Trinajstić information content (AvgIpc) is 2.35. The number of carboxylic acids is 1. The maximum atomic E-state index is 10.9. The molecule has 0 aliphatic carbocycles. The van der Waals surface area contributed by atoms with Crippen molar-refractivity contribution in [3.8, 4) is 0 Å². The lowest BCUT2D eigenvalue weighted by Gasteiger charge is -2.15. The van der Waals surface area contributed by atoms with Crippen molar-refractivity contribution in [1.29, 1.82) is 0 Å². The molecule has 13 heavy (non-hydrogen) atoms. The highest BCUT2D eigenvalue weighted by molar-refractivity contribution is 6.02. The summed E-state index contributed by atoms with van der Waals surface area (Å²) in [6.45, 7) is -0.451. The number of aliphatic hydroxyl groups is 1. The van der Waals surface area contributed by atoms with Gasteiger partial charge in [0, 0.05) is 12.8 Å². The van der Waals surface area contributed by atoms with Gasteiger partial charge in [-0.15, -0.1) is 0 Å². The number of rotatable bonds is 3. The largest absolute Gasteiger partial charge is 0.479 e. The first-order valence-electron chi connectivity index (χ1n) is 3.76. The first-order chi connectivity index (χ1) is 6.02. The molecule has 2 N–H and O–H groups in total. The summed E-state index contributed by atoms with van der Waals surface area (Å²) >= 11 is 0. The van der Waals surface area contributed by atoms with Crippen LogP contribution in [0.25, 0.3) is 0 Å². The van der Waals surface area contributed by atoms with Crippen molar-refractivity contribution >= 4 is 17.8 Å². The van der Waals surface area contributed by atoms with Gasteiger partial charge in [-0.05, 0) is 0 Å². The van der Waals surface area contributed by atoms with Gasteiger partial charge in [0.25, 0.3) is 0 Å². The predicted molar refractivity (Wildman–Crippen MR) is 39.6 cm³/mol. The van der Waals surface area contributed by atoms with Crippen LogP contribution >= 0.6 is 0 Å². The number of hydrogen-bond donors (Lipinski definition) is 2. The van der Waals surface area contributed by atoms with Crippen LogP contribution < -0.4 is 0 Å². The second kappa shape index (κ2) is 3.53. The Morgan fingerprint density at radius 2 is 1.85 bits per heavy atom. The summed E-state index contributed by atoms with van der Waals surface area (Å²) in [4.78, 5) is 32.9. The van der Waals surface area contributed by atoms with E-state index in [0.717, 1.165) is 4.90 Å². The lowest BCUT2D eigenvalue weighted by atomic mass is 10.3. The summed E-state index contributed by atoms with van der Waals surface area (Å²) in [6, 6.07) is 0. The van der Waals surface area contributed by atoms with E-state index < -0.39 is 30.4 Å². The molecule has 0 radical (unpaired) electrons. The highest BCUT2D eigenvalue weighted by Gasteiger charge is 2.32. The third kappa shape index (κ3) is 2.03. The van der Waals surface area contributed by atoms with Gasteiger partial charge < -0.3 is 10.2 Å². The SMILES string of the molecule is O=C(O)C(O)CN1C(=O)CCC1=O. The van der Waals surface area contributed by atoms with Crippen LogP contribution in [0.1, 0.15) is 12.8 Å². The van der Waals surface area contributed by atoms with Crippen molar-refractivity contribution in [3.05, 3.63) is 0 Å². The summed E-state index contributed by atoms with van der Waals surface area (Å²) < 4.78 is 0. The summed E-state index contributed by atoms with van der Waals surface area (Å²) in [7, 11) is 0. The molecule has 1 aliphatic heterocycles. The quantitative estimate of drug-likeness (QED) is 0.529. The van der Waals surface area contributed by atoms with E-state index in [1.54, 1.807) is 0 Å².